The smallest absolute Gasteiger partial charge is 0.355 e. The number of phosphoric acid groups is 1. The van der Waals surface area contributed by atoms with Crippen LogP contribution in [0.25, 0.3) is 0 Å². The number of hydrogen-bond acceptors (Lipinski definition) is 11. The maximum Gasteiger partial charge on any atom is 0.475 e. The molecule has 0 spiro atoms. The zero-order valence-electron chi connectivity index (χ0n) is 26.2. The molecule has 2 atom stereocenters. The molecular formula is C30H43N4O7PS3. The van der Waals surface area contributed by atoms with Gasteiger partial charge in [0.15, 0.2) is 0 Å². The van der Waals surface area contributed by atoms with Crippen LogP contribution in [0, 0.1) is 17.3 Å². The Morgan fingerprint density at radius 2 is 1.76 bits per heavy atom. The van der Waals surface area contributed by atoms with Crippen LogP contribution >= 0.6 is 43.6 Å². The predicted molar refractivity (Wildman–Crippen MR) is 182 cm³/mol. The first-order chi connectivity index (χ1) is 21.4. The van der Waals surface area contributed by atoms with Gasteiger partial charge in [0.25, 0.3) is 0 Å². The van der Waals surface area contributed by atoms with Crippen molar-refractivity contribution in [1.29, 1.82) is 0 Å². The van der Waals surface area contributed by atoms with Crippen molar-refractivity contribution in [2.75, 3.05) is 44.9 Å². The van der Waals surface area contributed by atoms with Crippen LogP contribution < -0.4 is 10.6 Å². The minimum absolute atomic E-state index is 0.0316. The number of imidazole rings is 1. The number of aromatic nitrogens is 2. The normalized spacial score (nSPS) is 15.7. The molecule has 15 heteroatoms. The molecule has 2 unspecified atom stereocenters. The maximum absolute atomic E-state index is 13.5. The van der Waals surface area contributed by atoms with Gasteiger partial charge in [-0.25, -0.2) is 9.55 Å². The number of carbonyl (C=O) groups is 3. The number of nitrogens with zero attached hydrogens (tertiary/aromatic N) is 2. The molecule has 11 nitrogen and oxygen atoms in total. The van der Waals surface area contributed by atoms with E-state index in [-0.39, 0.29) is 55.9 Å². The van der Waals surface area contributed by atoms with Crippen molar-refractivity contribution in [2.45, 2.75) is 46.5 Å². The highest BCUT2D eigenvalue weighted by atomic mass is 32.2. The molecule has 2 aromatic rings. The second-order valence-corrected chi connectivity index (χ2v) is 16.5. The standard InChI is InChI=1S/C30H43N4O7PS3/c1-30(2,3)18-26(35)34-19-25(33-21-34)10-11-31-28(37)24(20-45-29(43)44-4)17-23(16-22-8-6-5-7-9-22)27(36)32-12-13-39-42(38)40-14-15-41-42/h5-9,19,21,23-24H,10-18,20H2,1-4H3,(H,31,37)(H,32,36). The lowest BCUT2D eigenvalue weighted by molar-refractivity contribution is -0.128. The second kappa shape index (κ2) is 18.3. The average Bonchev–Trinajstić information content (AvgIpc) is 3.65. The SMILES string of the molecule is CSC(=S)SCC(CC(Cc1ccccc1)C(=O)NCCOP1(=O)OCCO1)C(=O)NCCc1cn(C(=O)CC(C)(C)C)cn1. The molecule has 3 rings (SSSR count). The number of phosphoric ester groups is 1. The monoisotopic (exact) mass is 698 g/mol. The first-order valence-electron chi connectivity index (χ1n) is 14.8. The molecule has 0 aliphatic carbocycles. The highest BCUT2D eigenvalue weighted by Crippen LogP contribution is 2.52. The van der Waals surface area contributed by atoms with Crippen molar-refractivity contribution in [3.63, 3.8) is 0 Å². The lowest BCUT2D eigenvalue weighted by Crippen LogP contribution is -2.39. The fourth-order valence-electron chi connectivity index (χ4n) is 4.52. The van der Waals surface area contributed by atoms with Gasteiger partial charge in [-0.15, -0.1) is 23.5 Å². The average molecular weight is 699 g/mol. The van der Waals surface area contributed by atoms with Crippen LogP contribution in [0.1, 0.15) is 49.7 Å². The Kier molecular flexibility index (Phi) is 15.2. The van der Waals surface area contributed by atoms with Crippen molar-refractivity contribution in [3.8, 4) is 0 Å². The first-order valence-corrected chi connectivity index (χ1v) is 18.9. The summed E-state index contributed by atoms with van der Waals surface area (Å²) in [4.78, 5) is 43.8. The molecular weight excluding hydrogens is 656 g/mol. The van der Waals surface area contributed by atoms with Gasteiger partial charge in [-0.05, 0) is 30.1 Å². The summed E-state index contributed by atoms with van der Waals surface area (Å²) in [6, 6.07) is 9.62. The number of carbonyl (C=O) groups excluding carboxylic acids is 3. The molecule has 45 heavy (non-hydrogen) atoms. The van der Waals surface area contributed by atoms with Gasteiger partial charge in [0.1, 0.15) is 9.86 Å². The topological polar surface area (TPSA) is 138 Å². The van der Waals surface area contributed by atoms with Crippen molar-refractivity contribution in [3.05, 3.63) is 54.1 Å². The molecule has 1 aromatic heterocycles. The van der Waals surface area contributed by atoms with Crippen LogP contribution in [-0.2, 0) is 40.6 Å². The fourth-order valence-corrected chi connectivity index (χ4v) is 7.16. The Morgan fingerprint density at radius 1 is 1.09 bits per heavy atom. The van der Waals surface area contributed by atoms with E-state index < -0.39 is 19.7 Å². The Bertz CT molecular complexity index is 1330. The van der Waals surface area contributed by atoms with Gasteiger partial charge in [-0.2, -0.15) is 0 Å². The third-order valence-corrected chi connectivity index (χ3v) is 11.1. The molecule has 0 bridgehead atoms. The third-order valence-electron chi connectivity index (χ3n) is 6.72. The van der Waals surface area contributed by atoms with Crippen molar-refractivity contribution in [1.82, 2.24) is 20.2 Å². The van der Waals surface area contributed by atoms with Crippen molar-refractivity contribution < 1.29 is 32.5 Å². The molecule has 1 fully saturated rings. The summed E-state index contributed by atoms with van der Waals surface area (Å²) >= 11 is 8.24. The molecule has 1 aliphatic heterocycles. The number of amides is 2. The van der Waals surface area contributed by atoms with E-state index in [9.17, 15) is 18.9 Å². The summed E-state index contributed by atoms with van der Waals surface area (Å²) in [5, 5.41) is 5.85. The molecule has 1 aromatic carbocycles. The van der Waals surface area contributed by atoms with Crippen LogP contribution in [0.15, 0.2) is 42.9 Å². The summed E-state index contributed by atoms with van der Waals surface area (Å²) < 4.78 is 29.7. The molecule has 0 saturated carbocycles. The van der Waals surface area contributed by atoms with Gasteiger partial charge in [0.2, 0.25) is 17.7 Å². The largest absolute Gasteiger partial charge is 0.475 e. The summed E-state index contributed by atoms with van der Waals surface area (Å²) in [6.07, 6.45) is 6.67. The Hall–Kier alpha value is -2.06. The van der Waals surface area contributed by atoms with Gasteiger partial charge in [-0.1, -0.05) is 63.3 Å². The third kappa shape index (κ3) is 13.7. The molecule has 248 valence electrons. The van der Waals surface area contributed by atoms with Crippen molar-refractivity contribution >= 4 is 64.8 Å². The number of rotatable bonds is 16. The van der Waals surface area contributed by atoms with Gasteiger partial charge >= 0.3 is 7.82 Å². The van der Waals surface area contributed by atoms with Crippen LogP contribution in [0.3, 0.4) is 0 Å². The van der Waals surface area contributed by atoms with Crippen molar-refractivity contribution in [2.24, 2.45) is 17.3 Å². The van der Waals surface area contributed by atoms with E-state index in [2.05, 4.69) is 15.6 Å². The molecule has 2 amide bonds. The molecule has 1 saturated heterocycles. The minimum Gasteiger partial charge on any atom is -0.355 e. The zero-order chi connectivity index (χ0) is 32.9. The number of hydrogen-bond donors (Lipinski definition) is 2. The van der Waals surface area contributed by atoms with E-state index in [1.54, 1.807) is 6.20 Å². The number of thioether (sulfide) groups is 2. The van der Waals surface area contributed by atoms with E-state index in [1.165, 1.54) is 34.4 Å². The van der Waals surface area contributed by atoms with E-state index in [4.69, 9.17) is 25.8 Å². The van der Waals surface area contributed by atoms with Crippen LogP contribution in [0.4, 0.5) is 0 Å². The molecule has 2 N–H and O–H groups in total. The number of thiocarbonyl (C=S) groups is 1. The van der Waals surface area contributed by atoms with Gasteiger partial charge in [0.05, 0.1) is 25.5 Å². The summed E-state index contributed by atoms with van der Waals surface area (Å²) in [5.74, 6) is -1.06. The summed E-state index contributed by atoms with van der Waals surface area (Å²) in [5.41, 5.74) is 1.53. The predicted octanol–water partition coefficient (Wildman–Crippen LogP) is 5.15. The number of nitrogens with one attached hydrogen (secondary N) is 2. The van der Waals surface area contributed by atoms with Gasteiger partial charge in [0, 0.05) is 49.7 Å². The summed E-state index contributed by atoms with van der Waals surface area (Å²) in [7, 11) is -3.55. The molecule has 1 aliphatic rings. The Balaban J connectivity index is 1.63. The van der Waals surface area contributed by atoms with Gasteiger partial charge < -0.3 is 10.6 Å². The quantitative estimate of drug-likeness (QED) is 0.137. The lowest BCUT2D eigenvalue weighted by atomic mass is 9.88. The Labute approximate surface area is 279 Å². The van der Waals surface area contributed by atoms with E-state index in [0.29, 0.717) is 40.8 Å². The number of benzene rings is 1. The van der Waals surface area contributed by atoms with E-state index in [0.717, 1.165) is 5.56 Å². The molecule has 0 radical (unpaired) electrons. The highest BCUT2D eigenvalue weighted by molar-refractivity contribution is 8.47. The second-order valence-electron chi connectivity index (χ2n) is 11.8. The summed E-state index contributed by atoms with van der Waals surface area (Å²) in [6.45, 7) is 6.81. The van der Waals surface area contributed by atoms with Gasteiger partial charge in [-0.3, -0.25) is 32.5 Å². The van der Waals surface area contributed by atoms with E-state index >= 15 is 0 Å². The zero-order valence-corrected chi connectivity index (χ0v) is 29.5. The first kappa shape index (κ1) is 37.4. The minimum atomic E-state index is -3.55. The van der Waals surface area contributed by atoms with Crippen LogP contribution in [-0.4, -0.2) is 75.7 Å². The van der Waals surface area contributed by atoms with Crippen LogP contribution in [0.2, 0.25) is 0 Å². The highest BCUT2D eigenvalue weighted by Gasteiger charge is 2.32. The van der Waals surface area contributed by atoms with Crippen LogP contribution in [0.5, 0.6) is 0 Å². The Morgan fingerprint density at radius 3 is 2.42 bits per heavy atom. The van der Waals surface area contributed by atoms with E-state index in [1.807, 2.05) is 57.4 Å². The lowest BCUT2D eigenvalue weighted by Gasteiger charge is -2.23. The fraction of sp³-hybridized carbons (Fsp3) is 0.567. The molecule has 2 heterocycles. The maximum atomic E-state index is 13.5.